The van der Waals surface area contributed by atoms with Gasteiger partial charge in [0.15, 0.2) is 0 Å². The van der Waals surface area contributed by atoms with Crippen molar-refractivity contribution >= 4 is 39.3 Å². The lowest BCUT2D eigenvalue weighted by Gasteiger charge is -2.38. The molecule has 0 radical (unpaired) electrons. The first-order valence-electron chi connectivity index (χ1n) is 12.2. The number of likely N-dealkylation sites (tertiary alicyclic amines) is 1. The highest BCUT2D eigenvalue weighted by molar-refractivity contribution is 9.09. The first kappa shape index (κ1) is 26.1. The molecular formula is C26H36BrN3O5. The molecule has 1 aromatic rings. The van der Waals surface area contributed by atoms with Crippen molar-refractivity contribution in [1.29, 1.82) is 0 Å². The average molecular weight is 550 g/mol. The summed E-state index contributed by atoms with van der Waals surface area (Å²) in [6, 6.07) is 8.16. The molecule has 1 spiro atoms. The van der Waals surface area contributed by atoms with Gasteiger partial charge in [-0.2, -0.15) is 0 Å². The predicted octanol–water partition coefficient (Wildman–Crippen LogP) is 2.70. The van der Waals surface area contributed by atoms with E-state index in [1.165, 1.54) is 4.90 Å². The minimum absolute atomic E-state index is 0.00285. The molecule has 192 valence electrons. The number of β-amino-alcohol motifs (C(OH)–C–C–N with tert-alkyl or cyclic N) is 1. The Bertz CT molecular complexity index is 994. The number of ether oxygens (including phenoxy) is 1. The number of rotatable bonds is 7. The number of aliphatic hydroxyl groups excluding tert-OH is 1. The molecular weight excluding hydrogens is 514 g/mol. The highest BCUT2D eigenvalue weighted by Crippen LogP contribution is 2.60. The van der Waals surface area contributed by atoms with Crippen LogP contribution in [0.15, 0.2) is 30.3 Å². The zero-order chi connectivity index (χ0) is 25.8. The fourth-order valence-corrected chi connectivity index (χ4v) is 7.54. The van der Waals surface area contributed by atoms with Crippen LogP contribution in [0.5, 0.6) is 0 Å². The third-order valence-corrected chi connectivity index (χ3v) is 8.00. The van der Waals surface area contributed by atoms with E-state index < -0.39 is 35.1 Å². The van der Waals surface area contributed by atoms with Gasteiger partial charge in [-0.1, -0.05) is 54.9 Å². The van der Waals surface area contributed by atoms with E-state index >= 15 is 0 Å². The number of halogens is 1. The number of alkyl halides is 1. The van der Waals surface area contributed by atoms with Crippen LogP contribution in [-0.4, -0.2) is 69.0 Å². The molecule has 35 heavy (non-hydrogen) atoms. The molecule has 3 N–H and O–H groups in total. The molecule has 0 aliphatic carbocycles. The Balaban J connectivity index is 1.66. The van der Waals surface area contributed by atoms with Crippen LogP contribution in [-0.2, 0) is 19.1 Å². The zero-order valence-electron chi connectivity index (χ0n) is 21.0. The standard InChI is InChI=1S/C26H36BrN3O5/c1-24(2,3)14-25(4,5)29-22(33)20-26-13-16(27)19(35-26)17(18(26)23(34)30(20)11-12-31)21(32)28-15-9-7-6-8-10-15/h6-10,16-20,31H,11-14H2,1-5H3,(H,28,32)(H,29,33)/t16?,17-,18-,19-,20?,26?/m0/s1. The minimum atomic E-state index is -1.13. The number of hydrogen-bond donors (Lipinski definition) is 3. The molecule has 3 aliphatic rings. The Morgan fingerprint density at radius 1 is 1.17 bits per heavy atom. The maximum Gasteiger partial charge on any atom is 0.246 e. The van der Waals surface area contributed by atoms with Crippen LogP contribution in [0.3, 0.4) is 0 Å². The number of benzene rings is 1. The summed E-state index contributed by atoms with van der Waals surface area (Å²) < 4.78 is 6.45. The quantitative estimate of drug-likeness (QED) is 0.453. The van der Waals surface area contributed by atoms with E-state index in [0.717, 1.165) is 6.42 Å². The number of carbonyl (C=O) groups excluding carboxylic acids is 3. The second kappa shape index (κ2) is 9.16. The van der Waals surface area contributed by atoms with E-state index in [9.17, 15) is 19.5 Å². The molecule has 3 unspecified atom stereocenters. The summed E-state index contributed by atoms with van der Waals surface area (Å²) in [5.41, 5.74) is -1.04. The Hall–Kier alpha value is -1.97. The summed E-state index contributed by atoms with van der Waals surface area (Å²) in [4.78, 5) is 42.2. The minimum Gasteiger partial charge on any atom is -0.395 e. The fraction of sp³-hybridized carbons (Fsp3) is 0.654. The largest absolute Gasteiger partial charge is 0.395 e. The number of carbonyl (C=O) groups is 3. The summed E-state index contributed by atoms with van der Waals surface area (Å²) >= 11 is 3.66. The molecule has 3 saturated heterocycles. The Morgan fingerprint density at radius 3 is 2.43 bits per heavy atom. The van der Waals surface area contributed by atoms with Crippen molar-refractivity contribution in [2.45, 2.75) is 75.6 Å². The maximum absolute atomic E-state index is 13.8. The monoisotopic (exact) mass is 549 g/mol. The van der Waals surface area contributed by atoms with Gasteiger partial charge in [0.25, 0.3) is 0 Å². The smallest absolute Gasteiger partial charge is 0.246 e. The maximum atomic E-state index is 13.8. The second-order valence-corrected chi connectivity index (χ2v) is 13.1. The van der Waals surface area contributed by atoms with Gasteiger partial charge in [-0.25, -0.2) is 0 Å². The van der Waals surface area contributed by atoms with Crippen LogP contribution >= 0.6 is 15.9 Å². The van der Waals surface area contributed by atoms with Gasteiger partial charge in [0.1, 0.15) is 11.6 Å². The van der Waals surface area contributed by atoms with Gasteiger partial charge >= 0.3 is 0 Å². The van der Waals surface area contributed by atoms with Gasteiger partial charge in [-0.3, -0.25) is 14.4 Å². The summed E-state index contributed by atoms with van der Waals surface area (Å²) in [5, 5.41) is 15.8. The average Bonchev–Trinajstić information content (AvgIpc) is 3.30. The molecule has 2 bridgehead atoms. The number of aliphatic hydroxyl groups is 1. The number of anilines is 1. The van der Waals surface area contributed by atoms with Crippen LogP contribution in [0.2, 0.25) is 0 Å². The van der Waals surface area contributed by atoms with E-state index in [2.05, 4.69) is 47.3 Å². The van der Waals surface area contributed by atoms with Gasteiger partial charge in [-0.15, -0.1) is 0 Å². The van der Waals surface area contributed by atoms with Crippen molar-refractivity contribution in [1.82, 2.24) is 10.2 Å². The highest BCUT2D eigenvalue weighted by atomic mass is 79.9. The van der Waals surface area contributed by atoms with Crippen molar-refractivity contribution in [3.05, 3.63) is 30.3 Å². The van der Waals surface area contributed by atoms with Crippen molar-refractivity contribution in [3.8, 4) is 0 Å². The second-order valence-electron chi connectivity index (χ2n) is 11.9. The van der Waals surface area contributed by atoms with Crippen molar-refractivity contribution in [2.75, 3.05) is 18.5 Å². The summed E-state index contributed by atoms with van der Waals surface area (Å²) in [6.07, 6.45) is 0.639. The SMILES string of the molecule is CC(C)(C)CC(C)(C)NC(=O)C1N(CCO)C(=O)[C@@H]2[C@H](C(=O)Nc3ccccc3)[C@H]3OC12CC3Br. The van der Waals surface area contributed by atoms with Crippen LogP contribution in [0, 0.1) is 17.3 Å². The van der Waals surface area contributed by atoms with E-state index in [1.807, 2.05) is 32.0 Å². The third kappa shape index (κ3) is 4.74. The fourth-order valence-electron chi connectivity index (χ4n) is 6.60. The van der Waals surface area contributed by atoms with E-state index in [0.29, 0.717) is 12.1 Å². The van der Waals surface area contributed by atoms with Gasteiger partial charge < -0.3 is 25.4 Å². The number of nitrogens with one attached hydrogen (secondary N) is 2. The third-order valence-electron chi connectivity index (χ3n) is 7.16. The predicted molar refractivity (Wildman–Crippen MR) is 136 cm³/mol. The molecule has 3 amide bonds. The lowest BCUT2D eigenvalue weighted by Crippen LogP contribution is -2.59. The summed E-state index contributed by atoms with van der Waals surface area (Å²) in [5.74, 6) is -2.47. The summed E-state index contributed by atoms with van der Waals surface area (Å²) in [7, 11) is 0. The van der Waals surface area contributed by atoms with Gasteiger partial charge in [-0.05, 0) is 44.2 Å². The number of fused-ring (bicyclic) bond motifs is 1. The van der Waals surface area contributed by atoms with Gasteiger partial charge in [0, 0.05) is 22.6 Å². The topological polar surface area (TPSA) is 108 Å². The van der Waals surface area contributed by atoms with Gasteiger partial charge in [0.2, 0.25) is 17.7 Å². The van der Waals surface area contributed by atoms with E-state index in [4.69, 9.17) is 4.74 Å². The Morgan fingerprint density at radius 2 is 1.83 bits per heavy atom. The molecule has 0 aromatic heterocycles. The number of para-hydroxylation sites is 1. The first-order valence-corrected chi connectivity index (χ1v) is 13.1. The molecule has 3 fully saturated rings. The number of nitrogens with zero attached hydrogens (tertiary/aromatic N) is 1. The molecule has 9 heteroatoms. The van der Waals surface area contributed by atoms with E-state index in [1.54, 1.807) is 12.1 Å². The molecule has 3 aliphatic heterocycles. The number of amides is 3. The molecule has 1 aromatic carbocycles. The molecule has 0 saturated carbocycles. The Labute approximate surface area is 215 Å². The van der Waals surface area contributed by atoms with Gasteiger partial charge in [0.05, 0.1) is 24.5 Å². The normalized spacial score (nSPS) is 32.0. The van der Waals surface area contributed by atoms with Crippen molar-refractivity contribution in [2.24, 2.45) is 17.3 Å². The lowest BCUT2D eigenvalue weighted by molar-refractivity contribution is -0.142. The van der Waals surface area contributed by atoms with Crippen LogP contribution in [0.25, 0.3) is 0 Å². The van der Waals surface area contributed by atoms with Crippen LogP contribution < -0.4 is 10.6 Å². The number of hydrogen-bond acceptors (Lipinski definition) is 5. The highest BCUT2D eigenvalue weighted by Gasteiger charge is 2.76. The summed E-state index contributed by atoms with van der Waals surface area (Å²) in [6.45, 7) is 9.98. The lowest BCUT2D eigenvalue weighted by atomic mass is 9.70. The zero-order valence-corrected chi connectivity index (χ0v) is 22.6. The molecule has 6 atom stereocenters. The van der Waals surface area contributed by atoms with Crippen LogP contribution in [0.4, 0.5) is 5.69 Å². The Kier molecular flexibility index (Phi) is 6.83. The molecule has 4 rings (SSSR count). The molecule has 8 nitrogen and oxygen atoms in total. The molecule has 3 heterocycles. The first-order chi connectivity index (χ1) is 16.3. The van der Waals surface area contributed by atoms with E-state index in [-0.39, 0.29) is 41.1 Å². The van der Waals surface area contributed by atoms with Crippen molar-refractivity contribution in [3.63, 3.8) is 0 Å². The van der Waals surface area contributed by atoms with Crippen LogP contribution in [0.1, 0.15) is 47.5 Å². The van der Waals surface area contributed by atoms with Crippen molar-refractivity contribution < 1.29 is 24.2 Å².